The van der Waals surface area contributed by atoms with Crippen molar-refractivity contribution < 1.29 is 18.3 Å². The van der Waals surface area contributed by atoms with E-state index in [1.54, 1.807) is 36.4 Å². The van der Waals surface area contributed by atoms with Crippen LogP contribution >= 0.6 is 0 Å². The number of rotatable bonds is 5. The van der Waals surface area contributed by atoms with Crippen molar-refractivity contribution in [2.24, 2.45) is 0 Å². The van der Waals surface area contributed by atoms with E-state index in [1.165, 1.54) is 12.3 Å². The van der Waals surface area contributed by atoms with Gasteiger partial charge in [-0.15, -0.1) is 0 Å². The lowest BCUT2D eigenvalue weighted by Crippen LogP contribution is -2.05. The number of hydrogen-bond acceptors (Lipinski definition) is 6. The van der Waals surface area contributed by atoms with E-state index in [0.29, 0.717) is 34.7 Å². The van der Waals surface area contributed by atoms with Crippen molar-refractivity contribution in [3.63, 3.8) is 0 Å². The summed E-state index contributed by atoms with van der Waals surface area (Å²) in [6.07, 6.45) is 1.27. The van der Waals surface area contributed by atoms with Gasteiger partial charge in [0, 0.05) is 23.6 Å². The van der Waals surface area contributed by atoms with Gasteiger partial charge in [-0.2, -0.15) is 0 Å². The Hall–Kier alpha value is -4.32. The van der Waals surface area contributed by atoms with Crippen LogP contribution in [0.2, 0.25) is 0 Å². The first-order valence-electron chi connectivity index (χ1n) is 10.4. The first-order chi connectivity index (χ1) is 16.0. The molecule has 6 heteroatoms. The SMILES string of the molecule is Cc1cccc(COc2ccc3c(=O)c(Oc4ccc5c(C)cc(=O)oc5c4)coc3c2)c1. The largest absolute Gasteiger partial charge is 0.489 e. The molecular formula is C27H20O6. The number of benzene rings is 3. The standard InChI is InChI=1S/C27H20O6/c1-16-4-3-5-18(10-16)14-30-19-6-9-22-23(12-19)31-15-25(27(22)29)32-20-7-8-21-17(2)11-26(28)33-24(21)13-20/h3-13,15H,14H2,1-2H3. The second kappa shape index (κ2) is 8.31. The van der Waals surface area contributed by atoms with Crippen LogP contribution in [0.15, 0.2) is 91.4 Å². The third-order valence-electron chi connectivity index (χ3n) is 5.35. The zero-order valence-electron chi connectivity index (χ0n) is 18.1. The quantitative estimate of drug-likeness (QED) is 0.317. The van der Waals surface area contributed by atoms with Crippen LogP contribution in [0, 0.1) is 13.8 Å². The molecule has 0 saturated heterocycles. The van der Waals surface area contributed by atoms with Crippen molar-refractivity contribution in [1.29, 1.82) is 0 Å². The highest BCUT2D eigenvalue weighted by atomic mass is 16.5. The molecule has 0 aliphatic heterocycles. The molecule has 5 rings (SSSR count). The average molecular weight is 440 g/mol. The van der Waals surface area contributed by atoms with Crippen molar-refractivity contribution in [2.75, 3.05) is 0 Å². The van der Waals surface area contributed by atoms with Crippen LogP contribution in [-0.4, -0.2) is 0 Å². The lowest BCUT2D eigenvalue weighted by Gasteiger charge is -2.09. The summed E-state index contributed by atoms with van der Waals surface area (Å²) in [5.74, 6) is 0.993. The van der Waals surface area contributed by atoms with Gasteiger partial charge in [0.15, 0.2) is 0 Å². The van der Waals surface area contributed by atoms with Gasteiger partial charge in [0.25, 0.3) is 0 Å². The van der Waals surface area contributed by atoms with Gasteiger partial charge < -0.3 is 18.3 Å². The molecule has 2 aromatic heterocycles. The van der Waals surface area contributed by atoms with Crippen LogP contribution in [-0.2, 0) is 6.61 Å². The summed E-state index contributed by atoms with van der Waals surface area (Å²) in [4.78, 5) is 24.6. The Kier molecular flexibility index (Phi) is 5.18. The minimum Gasteiger partial charge on any atom is -0.489 e. The second-order valence-corrected chi connectivity index (χ2v) is 7.87. The van der Waals surface area contributed by atoms with Crippen LogP contribution < -0.4 is 20.5 Å². The fourth-order valence-electron chi connectivity index (χ4n) is 3.72. The first-order valence-corrected chi connectivity index (χ1v) is 10.4. The maximum Gasteiger partial charge on any atom is 0.336 e. The Morgan fingerprint density at radius 2 is 1.61 bits per heavy atom. The van der Waals surface area contributed by atoms with Crippen LogP contribution in [0.5, 0.6) is 17.2 Å². The predicted octanol–water partition coefficient (Wildman–Crippen LogP) is 5.89. The Morgan fingerprint density at radius 3 is 2.45 bits per heavy atom. The summed E-state index contributed by atoms with van der Waals surface area (Å²) in [6.45, 7) is 4.27. The van der Waals surface area contributed by atoms with Crippen molar-refractivity contribution in [2.45, 2.75) is 20.5 Å². The molecular weight excluding hydrogens is 420 g/mol. The summed E-state index contributed by atoms with van der Waals surface area (Å²) in [5, 5.41) is 1.17. The summed E-state index contributed by atoms with van der Waals surface area (Å²) in [6, 6.07) is 19.6. The molecule has 0 spiro atoms. The molecule has 6 nitrogen and oxygen atoms in total. The highest BCUT2D eigenvalue weighted by Gasteiger charge is 2.12. The third-order valence-corrected chi connectivity index (χ3v) is 5.35. The smallest absolute Gasteiger partial charge is 0.336 e. The van der Waals surface area contributed by atoms with E-state index in [0.717, 1.165) is 22.1 Å². The Bertz CT molecular complexity index is 1610. The van der Waals surface area contributed by atoms with Crippen LogP contribution in [0.25, 0.3) is 21.9 Å². The zero-order valence-corrected chi connectivity index (χ0v) is 18.1. The van der Waals surface area contributed by atoms with Gasteiger partial charge in [-0.05, 0) is 49.2 Å². The number of fused-ring (bicyclic) bond motifs is 2. The normalized spacial score (nSPS) is 11.1. The van der Waals surface area contributed by atoms with Gasteiger partial charge >= 0.3 is 5.63 Å². The summed E-state index contributed by atoms with van der Waals surface area (Å²) in [5.41, 5.74) is 3.05. The first kappa shape index (κ1) is 20.6. The fourth-order valence-corrected chi connectivity index (χ4v) is 3.72. The molecule has 164 valence electrons. The maximum atomic E-state index is 12.9. The van der Waals surface area contributed by atoms with Crippen molar-refractivity contribution >= 4 is 21.9 Å². The second-order valence-electron chi connectivity index (χ2n) is 7.87. The van der Waals surface area contributed by atoms with Crippen LogP contribution in [0.3, 0.4) is 0 Å². The average Bonchev–Trinajstić information content (AvgIpc) is 2.79. The molecule has 2 heterocycles. The molecule has 0 amide bonds. The fraction of sp³-hybridized carbons (Fsp3) is 0.111. The number of aryl methyl sites for hydroxylation is 2. The lowest BCUT2D eigenvalue weighted by atomic mass is 10.1. The van der Waals surface area contributed by atoms with Gasteiger partial charge in [-0.3, -0.25) is 4.79 Å². The molecule has 0 unspecified atom stereocenters. The molecule has 0 bridgehead atoms. The van der Waals surface area contributed by atoms with Gasteiger partial charge in [-0.1, -0.05) is 29.8 Å². The minimum absolute atomic E-state index is 0.0327. The summed E-state index contributed by atoms with van der Waals surface area (Å²) in [7, 11) is 0. The van der Waals surface area contributed by atoms with E-state index in [2.05, 4.69) is 6.07 Å². The Labute approximate surface area is 188 Å². The van der Waals surface area contributed by atoms with Gasteiger partial charge in [0.2, 0.25) is 11.2 Å². The molecule has 3 aromatic carbocycles. The maximum absolute atomic E-state index is 12.9. The molecule has 5 aromatic rings. The monoisotopic (exact) mass is 440 g/mol. The molecule has 0 aliphatic rings. The van der Waals surface area contributed by atoms with E-state index in [-0.39, 0.29) is 11.2 Å². The van der Waals surface area contributed by atoms with Gasteiger partial charge in [-0.25, -0.2) is 4.79 Å². The Morgan fingerprint density at radius 1 is 0.818 bits per heavy atom. The van der Waals surface area contributed by atoms with Gasteiger partial charge in [0.1, 0.15) is 35.5 Å². The molecule has 0 saturated carbocycles. The van der Waals surface area contributed by atoms with Crippen LogP contribution in [0.1, 0.15) is 16.7 Å². The van der Waals surface area contributed by atoms with Crippen LogP contribution in [0.4, 0.5) is 0 Å². The van der Waals surface area contributed by atoms with Gasteiger partial charge in [0.05, 0.1) is 5.39 Å². The summed E-state index contributed by atoms with van der Waals surface area (Å²) < 4.78 is 22.5. The highest BCUT2D eigenvalue weighted by Crippen LogP contribution is 2.27. The zero-order chi connectivity index (χ0) is 22.9. The predicted molar refractivity (Wildman–Crippen MR) is 125 cm³/mol. The van der Waals surface area contributed by atoms with Crippen molar-refractivity contribution in [1.82, 2.24) is 0 Å². The van der Waals surface area contributed by atoms with E-state index in [9.17, 15) is 9.59 Å². The topological polar surface area (TPSA) is 78.9 Å². The van der Waals surface area contributed by atoms with E-state index in [1.807, 2.05) is 32.0 Å². The number of ether oxygens (including phenoxy) is 2. The van der Waals surface area contributed by atoms with E-state index in [4.69, 9.17) is 18.3 Å². The molecule has 0 atom stereocenters. The molecule has 0 aliphatic carbocycles. The molecule has 0 N–H and O–H groups in total. The summed E-state index contributed by atoms with van der Waals surface area (Å²) >= 11 is 0. The molecule has 0 fully saturated rings. The van der Waals surface area contributed by atoms with Crippen molar-refractivity contribution in [3.8, 4) is 17.2 Å². The van der Waals surface area contributed by atoms with E-state index < -0.39 is 5.63 Å². The Balaban J connectivity index is 1.40. The molecule has 33 heavy (non-hydrogen) atoms. The number of hydrogen-bond donors (Lipinski definition) is 0. The lowest BCUT2D eigenvalue weighted by molar-refractivity contribution is 0.306. The molecule has 0 radical (unpaired) electrons. The highest BCUT2D eigenvalue weighted by molar-refractivity contribution is 5.82. The minimum atomic E-state index is -0.442. The third kappa shape index (κ3) is 4.23. The van der Waals surface area contributed by atoms with E-state index >= 15 is 0 Å². The van der Waals surface area contributed by atoms with Crippen molar-refractivity contribution in [3.05, 3.63) is 110 Å².